The molecule has 0 saturated heterocycles. The van der Waals surface area contributed by atoms with Crippen molar-refractivity contribution in [3.8, 4) is 0 Å². The van der Waals surface area contributed by atoms with Gasteiger partial charge in [0.1, 0.15) is 6.10 Å². The Morgan fingerprint density at radius 1 is 1.08 bits per heavy atom. The lowest BCUT2D eigenvalue weighted by Crippen LogP contribution is -2.51. The number of carbonyl (C=O) groups is 1. The average molecular weight is 658 g/mol. The van der Waals surface area contributed by atoms with E-state index in [9.17, 15) is 4.79 Å². The highest BCUT2D eigenvalue weighted by molar-refractivity contribution is 14.0. The molecule has 3 fully saturated rings. The second-order valence-electron chi connectivity index (χ2n) is 15.5. The van der Waals surface area contributed by atoms with E-state index in [1.807, 2.05) is 0 Å². The molecule has 1 N–H and O–H groups in total. The van der Waals surface area contributed by atoms with Crippen molar-refractivity contribution >= 4 is 30.1 Å². The van der Waals surface area contributed by atoms with Crippen LogP contribution in [0.1, 0.15) is 112 Å². The molecule has 0 aromatic rings. The zero-order valence-electron chi connectivity index (χ0n) is 26.7. The number of ether oxygens (including phenoxy) is 1. The summed E-state index contributed by atoms with van der Waals surface area (Å²) in [5.41, 5.74) is 2.46. The molecule has 0 heterocycles. The first-order valence-electron chi connectivity index (χ1n) is 16.4. The standard InChI is InChI=1S/C34H60N2O2.HI/c1-9-36(7,8)22-21-35-32(37)38-27-17-19-33(5)26(23-27)13-14-28-30-16-15-29(25(4)12-10-11-24(2)3)34(30,6)20-18-31(28)33;/h13,24-25,27-31H,9-12,14-23H2,1-8H3;1H/p+1/t25-,27?,28+,29-,30+,31+,33+,34-;/m1./s1. The minimum absolute atomic E-state index is 0. The number of allylic oxidation sites excluding steroid dienone is 1. The molecule has 39 heavy (non-hydrogen) atoms. The second kappa shape index (κ2) is 13.3. The van der Waals surface area contributed by atoms with Gasteiger partial charge in [0.15, 0.2) is 0 Å². The summed E-state index contributed by atoms with van der Waals surface area (Å²) in [6.45, 7) is 17.4. The van der Waals surface area contributed by atoms with E-state index in [1.165, 1.54) is 57.8 Å². The molecule has 0 radical (unpaired) electrons. The number of hydrogen-bond donors (Lipinski definition) is 1. The van der Waals surface area contributed by atoms with E-state index in [2.05, 4.69) is 67.0 Å². The number of halogens is 1. The summed E-state index contributed by atoms with van der Waals surface area (Å²) in [5, 5.41) is 3.01. The van der Waals surface area contributed by atoms with Crippen LogP contribution in [0.25, 0.3) is 0 Å². The predicted molar refractivity (Wildman–Crippen MR) is 174 cm³/mol. The monoisotopic (exact) mass is 657 g/mol. The van der Waals surface area contributed by atoms with Crippen molar-refractivity contribution in [2.24, 2.45) is 46.3 Å². The molecule has 5 heteroatoms. The summed E-state index contributed by atoms with van der Waals surface area (Å²) >= 11 is 0. The summed E-state index contributed by atoms with van der Waals surface area (Å²) < 4.78 is 6.86. The van der Waals surface area contributed by atoms with Crippen molar-refractivity contribution in [2.75, 3.05) is 33.7 Å². The van der Waals surface area contributed by atoms with Crippen LogP contribution >= 0.6 is 24.0 Å². The summed E-state index contributed by atoms with van der Waals surface area (Å²) in [6, 6.07) is 0. The molecule has 8 atom stereocenters. The van der Waals surface area contributed by atoms with Crippen LogP contribution in [0.4, 0.5) is 4.79 Å². The van der Waals surface area contributed by atoms with E-state index >= 15 is 0 Å². The highest BCUT2D eigenvalue weighted by Gasteiger charge is 2.59. The first-order valence-corrected chi connectivity index (χ1v) is 16.4. The second-order valence-corrected chi connectivity index (χ2v) is 15.5. The van der Waals surface area contributed by atoms with Crippen LogP contribution in [-0.2, 0) is 4.74 Å². The molecule has 0 spiro atoms. The normalized spacial score (nSPS) is 36.6. The smallest absolute Gasteiger partial charge is 0.407 e. The molecule has 0 aliphatic heterocycles. The lowest BCUT2D eigenvalue weighted by atomic mass is 9.47. The first-order chi connectivity index (χ1) is 17.9. The van der Waals surface area contributed by atoms with Gasteiger partial charge in [0.05, 0.1) is 33.7 Å². The Morgan fingerprint density at radius 2 is 1.82 bits per heavy atom. The largest absolute Gasteiger partial charge is 0.446 e. The first kappa shape index (κ1) is 33.2. The van der Waals surface area contributed by atoms with E-state index in [0.29, 0.717) is 17.4 Å². The highest BCUT2D eigenvalue weighted by atomic mass is 127. The van der Waals surface area contributed by atoms with Crippen LogP contribution < -0.4 is 5.32 Å². The zero-order chi connectivity index (χ0) is 27.7. The van der Waals surface area contributed by atoms with Crippen molar-refractivity contribution in [1.29, 1.82) is 0 Å². The lowest BCUT2D eigenvalue weighted by Gasteiger charge is -2.58. The third-order valence-corrected chi connectivity index (χ3v) is 12.4. The molecule has 4 rings (SSSR count). The van der Waals surface area contributed by atoms with Crippen LogP contribution in [0.5, 0.6) is 0 Å². The van der Waals surface area contributed by atoms with Gasteiger partial charge in [-0.25, -0.2) is 4.79 Å². The fourth-order valence-electron chi connectivity index (χ4n) is 9.56. The van der Waals surface area contributed by atoms with Gasteiger partial charge < -0.3 is 14.5 Å². The van der Waals surface area contributed by atoms with Gasteiger partial charge in [-0.2, -0.15) is 0 Å². The average Bonchev–Trinajstić information content (AvgIpc) is 3.21. The van der Waals surface area contributed by atoms with E-state index in [1.54, 1.807) is 5.57 Å². The Labute approximate surface area is 258 Å². The number of hydrogen-bond acceptors (Lipinski definition) is 2. The number of fused-ring (bicyclic) bond motifs is 5. The van der Waals surface area contributed by atoms with Gasteiger partial charge in [-0.3, -0.25) is 0 Å². The minimum Gasteiger partial charge on any atom is -0.446 e. The van der Waals surface area contributed by atoms with Gasteiger partial charge in [0.2, 0.25) is 0 Å². The topological polar surface area (TPSA) is 38.3 Å². The van der Waals surface area contributed by atoms with Crippen molar-refractivity contribution in [3.05, 3.63) is 11.6 Å². The Morgan fingerprint density at radius 3 is 2.51 bits per heavy atom. The highest BCUT2D eigenvalue weighted by Crippen LogP contribution is 2.67. The van der Waals surface area contributed by atoms with Crippen LogP contribution in [0.2, 0.25) is 0 Å². The number of nitrogens with zero attached hydrogens (tertiary/aromatic N) is 1. The third kappa shape index (κ3) is 7.20. The lowest BCUT2D eigenvalue weighted by molar-refractivity contribution is -0.887. The van der Waals surface area contributed by atoms with Gasteiger partial charge in [-0.1, -0.05) is 65.5 Å². The van der Waals surface area contributed by atoms with E-state index < -0.39 is 0 Å². The maximum absolute atomic E-state index is 12.5. The number of quaternary nitrogens is 1. The SMILES string of the molecule is CC[N+](C)(C)CCNC(=O)OC1CC[C@@]2(C)C(=CC[C@H]3[C@@H]4CC[C@H]([C@H](C)CCCC(C)C)[C@@]4(C)CC[C@@H]32)C1.I. The Balaban J connectivity index is 0.00000420. The molecule has 0 aromatic carbocycles. The fraction of sp³-hybridized carbons (Fsp3) is 0.912. The van der Waals surface area contributed by atoms with Crippen molar-refractivity contribution < 1.29 is 14.0 Å². The van der Waals surface area contributed by atoms with Crippen LogP contribution in [0, 0.1) is 46.3 Å². The predicted octanol–water partition coefficient (Wildman–Crippen LogP) is 8.84. The molecule has 4 aliphatic rings. The molecule has 0 aromatic heterocycles. The van der Waals surface area contributed by atoms with Gasteiger partial charge in [0.25, 0.3) is 0 Å². The van der Waals surface area contributed by atoms with E-state index in [0.717, 1.165) is 65.9 Å². The molecule has 226 valence electrons. The number of alkyl carbamates (subject to hydrolysis) is 1. The molecule has 3 saturated carbocycles. The Bertz CT molecular complexity index is 856. The summed E-state index contributed by atoms with van der Waals surface area (Å²) in [5.74, 6) is 5.20. The van der Waals surface area contributed by atoms with E-state index in [-0.39, 0.29) is 36.2 Å². The van der Waals surface area contributed by atoms with Gasteiger partial charge in [-0.15, -0.1) is 24.0 Å². The maximum Gasteiger partial charge on any atom is 0.407 e. The Kier molecular flexibility index (Phi) is 11.4. The summed E-state index contributed by atoms with van der Waals surface area (Å²) in [7, 11) is 4.40. The van der Waals surface area contributed by atoms with Crippen molar-refractivity contribution in [2.45, 2.75) is 118 Å². The van der Waals surface area contributed by atoms with Gasteiger partial charge in [-0.05, 0) is 98.2 Å². The van der Waals surface area contributed by atoms with E-state index in [4.69, 9.17) is 4.74 Å². The van der Waals surface area contributed by atoms with Gasteiger partial charge >= 0.3 is 6.09 Å². The van der Waals surface area contributed by atoms with Gasteiger partial charge in [0, 0.05) is 6.42 Å². The summed E-state index contributed by atoms with van der Waals surface area (Å²) in [4.78, 5) is 12.5. The molecule has 4 aliphatic carbocycles. The number of amides is 1. The molecular weight excluding hydrogens is 595 g/mol. The third-order valence-electron chi connectivity index (χ3n) is 12.4. The quantitative estimate of drug-likeness (QED) is 0.145. The molecular formula is C34H62IN2O2+. The summed E-state index contributed by atoms with van der Waals surface area (Å²) in [6.07, 6.45) is 16.8. The number of nitrogens with one attached hydrogen (secondary N) is 1. The fourth-order valence-corrected chi connectivity index (χ4v) is 9.56. The zero-order valence-corrected chi connectivity index (χ0v) is 29.0. The number of likely N-dealkylation sites (N-methyl/N-ethyl adjacent to an activating group) is 1. The number of rotatable bonds is 10. The van der Waals surface area contributed by atoms with Crippen molar-refractivity contribution in [1.82, 2.24) is 5.32 Å². The minimum atomic E-state index is -0.225. The van der Waals surface area contributed by atoms with Crippen LogP contribution in [0.15, 0.2) is 11.6 Å². The van der Waals surface area contributed by atoms with Crippen molar-refractivity contribution in [3.63, 3.8) is 0 Å². The molecule has 0 bridgehead atoms. The van der Waals surface area contributed by atoms with Crippen LogP contribution in [0.3, 0.4) is 0 Å². The molecule has 1 amide bonds. The maximum atomic E-state index is 12.5. The van der Waals surface area contributed by atoms with Crippen LogP contribution in [-0.4, -0.2) is 50.4 Å². The Hall–Kier alpha value is -0.300. The molecule has 1 unspecified atom stereocenters. The number of carbonyl (C=O) groups excluding carboxylic acids is 1. The molecule has 4 nitrogen and oxygen atoms in total.